The molecule has 0 radical (unpaired) electrons. The molecule has 0 saturated carbocycles. The molecule has 0 unspecified atom stereocenters. The molecule has 0 aliphatic heterocycles. The summed E-state index contributed by atoms with van der Waals surface area (Å²) in [6.07, 6.45) is 1.47. The van der Waals surface area contributed by atoms with Gasteiger partial charge < -0.3 is 5.43 Å². The Labute approximate surface area is 121 Å². The lowest BCUT2D eigenvalue weighted by Gasteiger charge is -2.09. The number of para-hydroxylation sites is 1. The van der Waals surface area contributed by atoms with Crippen molar-refractivity contribution >= 4 is 28.2 Å². The van der Waals surface area contributed by atoms with Crippen molar-refractivity contribution in [2.45, 2.75) is 6.54 Å². The Bertz CT molecular complexity index is 715. The van der Waals surface area contributed by atoms with Crippen LogP contribution in [0.25, 0.3) is 10.9 Å². The van der Waals surface area contributed by atoms with Gasteiger partial charge in [0.15, 0.2) is 0 Å². The molecule has 0 aliphatic carbocycles. The zero-order valence-electron chi connectivity index (χ0n) is 10.7. The van der Waals surface area contributed by atoms with Crippen LogP contribution in [-0.2, 0) is 6.54 Å². The first kappa shape index (κ1) is 12.8. The minimum absolute atomic E-state index is 0.480. The molecule has 0 fully saturated rings. The highest BCUT2D eigenvalue weighted by atomic mass is 35.5. The molecule has 20 heavy (non-hydrogen) atoms. The Morgan fingerprint density at radius 2 is 1.85 bits per heavy atom. The molecule has 0 atom stereocenters. The van der Waals surface area contributed by atoms with Gasteiger partial charge in [-0.1, -0.05) is 35.9 Å². The largest absolute Gasteiger partial charge is 0.321 e. The number of nitrogens with zero attached hydrogens (tertiary/aromatic N) is 2. The van der Waals surface area contributed by atoms with Crippen LogP contribution in [0.3, 0.4) is 0 Å². The summed E-state index contributed by atoms with van der Waals surface area (Å²) in [5.41, 5.74) is 9.29. The van der Waals surface area contributed by atoms with E-state index >= 15 is 0 Å². The third-order valence-electron chi connectivity index (χ3n) is 2.95. The van der Waals surface area contributed by atoms with E-state index in [4.69, 9.17) is 11.6 Å². The standard InChI is InChI=1S/C15H13ClN4/c16-15-13-8-11(6-7-14(13)17-10-18-15)9-19-20-12-4-2-1-3-5-12/h1-8,10,19-20H,9H2. The third-order valence-corrected chi connectivity index (χ3v) is 3.25. The van der Waals surface area contributed by atoms with Gasteiger partial charge in [-0.05, 0) is 29.8 Å². The average Bonchev–Trinajstić information content (AvgIpc) is 2.49. The van der Waals surface area contributed by atoms with E-state index in [9.17, 15) is 0 Å². The maximum Gasteiger partial charge on any atom is 0.140 e. The SMILES string of the molecule is Clc1ncnc2ccc(CNNc3ccccc3)cc12. The zero-order chi connectivity index (χ0) is 13.8. The molecule has 5 heteroatoms. The maximum atomic E-state index is 6.07. The number of hydrogen-bond donors (Lipinski definition) is 2. The number of benzene rings is 2. The van der Waals surface area contributed by atoms with E-state index in [0.29, 0.717) is 11.7 Å². The van der Waals surface area contributed by atoms with Crippen LogP contribution in [0.1, 0.15) is 5.56 Å². The molecule has 100 valence electrons. The Morgan fingerprint density at radius 1 is 1.00 bits per heavy atom. The fourth-order valence-corrected chi connectivity index (χ4v) is 2.15. The minimum Gasteiger partial charge on any atom is -0.321 e. The molecule has 0 bridgehead atoms. The van der Waals surface area contributed by atoms with Crippen molar-refractivity contribution in [2.24, 2.45) is 0 Å². The first-order valence-electron chi connectivity index (χ1n) is 6.26. The van der Waals surface area contributed by atoms with Crippen LogP contribution in [0.2, 0.25) is 5.15 Å². The smallest absolute Gasteiger partial charge is 0.140 e. The second-order valence-corrected chi connectivity index (χ2v) is 4.72. The summed E-state index contributed by atoms with van der Waals surface area (Å²) in [5.74, 6) is 0. The Balaban J connectivity index is 1.70. The first-order chi connectivity index (χ1) is 9.83. The molecule has 0 amide bonds. The number of anilines is 1. The van der Waals surface area contributed by atoms with Crippen LogP contribution in [0.5, 0.6) is 0 Å². The van der Waals surface area contributed by atoms with Gasteiger partial charge in [-0.15, -0.1) is 0 Å². The summed E-state index contributed by atoms with van der Waals surface area (Å²) >= 11 is 6.07. The van der Waals surface area contributed by atoms with E-state index < -0.39 is 0 Å². The molecule has 3 aromatic rings. The molecule has 1 heterocycles. The zero-order valence-corrected chi connectivity index (χ0v) is 11.4. The highest BCUT2D eigenvalue weighted by molar-refractivity contribution is 6.34. The predicted molar refractivity (Wildman–Crippen MR) is 81.5 cm³/mol. The summed E-state index contributed by atoms with van der Waals surface area (Å²) < 4.78 is 0. The Kier molecular flexibility index (Phi) is 3.76. The Morgan fingerprint density at radius 3 is 2.70 bits per heavy atom. The molecule has 4 nitrogen and oxygen atoms in total. The van der Waals surface area contributed by atoms with Crippen molar-refractivity contribution in [1.29, 1.82) is 0 Å². The van der Waals surface area contributed by atoms with Crippen LogP contribution in [0.4, 0.5) is 5.69 Å². The summed E-state index contributed by atoms with van der Waals surface area (Å²) in [4.78, 5) is 8.17. The lowest BCUT2D eigenvalue weighted by Crippen LogP contribution is -2.20. The van der Waals surface area contributed by atoms with Crippen molar-refractivity contribution in [2.75, 3.05) is 5.43 Å². The van der Waals surface area contributed by atoms with Crippen LogP contribution < -0.4 is 10.9 Å². The van der Waals surface area contributed by atoms with Crippen molar-refractivity contribution in [1.82, 2.24) is 15.4 Å². The van der Waals surface area contributed by atoms with Gasteiger partial charge in [0.2, 0.25) is 0 Å². The van der Waals surface area contributed by atoms with Gasteiger partial charge in [0.1, 0.15) is 11.5 Å². The number of hydrazine groups is 1. The minimum atomic E-state index is 0.480. The number of hydrogen-bond acceptors (Lipinski definition) is 4. The highest BCUT2D eigenvalue weighted by Crippen LogP contribution is 2.20. The quantitative estimate of drug-likeness (QED) is 0.569. The lowest BCUT2D eigenvalue weighted by atomic mass is 10.1. The molecule has 0 saturated heterocycles. The van der Waals surface area contributed by atoms with Crippen molar-refractivity contribution in [3.05, 3.63) is 65.6 Å². The van der Waals surface area contributed by atoms with Crippen molar-refractivity contribution < 1.29 is 0 Å². The normalized spacial score (nSPS) is 10.7. The number of fused-ring (bicyclic) bond motifs is 1. The van der Waals surface area contributed by atoms with E-state index in [2.05, 4.69) is 20.8 Å². The molecule has 2 aromatic carbocycles. The molecule has 0 aliphatic rings. The van der Waals surface area contributed by atoms with Crippen molar-refractivity contribution in [3.63, 3.8) is 0 Å². The Hall–Kier alpha value is -2.17. The van der Waals surface area contributed by atoms with Gasteiger partial charge in [-0.25, -0.2) is 15.4 Å². The fraction of sp³-hybridized carbons (Fsp3) is 0.0667. The number of halogens is 1. The molecule has 0 spiro atoms. The van der Waals surface area contributed by atoms with Crippen LogP contribution >= 0.6 is 11.6 Å². The van der Waals surface area contributed by atoms with E-state index in [1.54, 1.807) is 0 Å². The molecule has 2 N–H and O–H groups in total. The second-order valence-electron chi connectivity index (χ2n) is 4.36. The number of rotatable bonds is 4. The summed E-state index contributed by atoms with van der Waals surface area (Å²) in [5, 5.41) is 1.35. The van der Waals surface area contributed by atoms with Gasteiger partial charge in [0.05, 0.1) is 5.52 Å². The highest BCUT2D eigenvalue weighted by Gasteiger charge is 2.02. The molecule has 3 rings (SSSR count). The molecule has 1 aromatic heterocycles. The topological polar surface area (TPSA) is 49.8 Å². The summed E-state index contributed by atoms with van der Waals surface area (Å²) in [6.45, 7) is 0.677. The molecular formula is C15H13ClN4. The fourth-order valence-electron chi connectivity index (χ4n) is 1.95. The van der Waals surface area contributed by atoms with E-state index in [0.717, 1.165) is 22.2 Å². The van der Waals surface area contributed by atoms with Gasteiger partial charge in [-0.3, -0.25) is 0 Å². The average molecular weight is 285 g/mol. The van der Waals surface area contributed by atoms with Crippen molar-refractivity contribution in [3.8, 4) is 0 Å². The predicted octanol–water partition coefficient (Wildman–Crippen LogP) is 3.40. The monoisotopic (exact) mass is 284 g/mol. The van der Waals surface area contributed by atoms with E-state index in [-0.39, 0.29) is 0 Å². The number of aromatic nitrogens is 2. The number of nitrogens with one attached hydrogen (secondary N) is 2. The van der Waals surface area contributed by atoms with Crippen LogP contribution in [-0.4, -0.2) is 9.97 Å². The first-order valence-corrected chi connectivity index (χ1v) is 6.64. The molecular weight excluding hydrogens is 272 g/mol. The van der Waals surface area contributed by atoms with E-state index in [1.165, 1.54) is 6.33 Å². The second kappa shape index (κ2) is 5.86. The lowest BCUT2D eigenvalue weighted by molar-refractivity contribution is 0.802. The third kappa shape index (κ3) is 2.87. The van der Waals surface area contributed by atoms with Gasteiger partial charge in [0, 0.05) is 17.6 Å². The summed E-state index contributed by atoms with van der Waals surface area (Å²) in [6, 6.07) is 15.9. The van der Waals surface area contributed by atoms with Gasteiger partial charge in [-0.2, -0.15) is 0 Å². The summed E-state index contributed by atoms with van der Waals surface area (Å²) in [7, 11) is 0. The maximum absolute atomic E-state index is 6.07. The van der Waals surface area contributed by atoms with Crippen LogP contribution in [0, 0.1) is 0 Å². The van der Waals surface area contributed by atoms with Gasteiger partial charge >= 0.3 is 0 Å². The van der Waals surface area contributed by atoms with E-state index in [1.807, 2.05) is 48.5 Å². The van der Waals surface area contributed by atoms with Gasteiger partial charge in [0.25, 0.3) is 0 Å². The van der Waals surface area contributed by atoms with Crippen LogP contribution in [0.15, 0.2) is 54.9 Å².